The van der Waals surface area contributed by atoms with Crippen molar-refractivity contribution in [2.24, 2.45) is 0 Å². The van der Waals surface area contributed by atoms with Crippen LogP contribution in [0.1, 0.15) is 29.4 Å². The number of aromatic nitrogens is 3. The van der Waals surface area contributed by atoms with Crippen LogP contribution in [0.3, 0.4) is 0 Å². The number of ether oxygens (including phenoxy) is 1. The number of benzene rings is 1. The second-order valence-electron chi connectivity index (χ2n) is 5.37. The predicted octanol–water partition coefficient (Wildman–Crippen LogP) is 2.23. The van der Waals surface area contributed by atoms with Crippen molar-refractivity contribution < 1.29 is 9.53 Å². The Kier molecular flexibility index (Phi) is 4.92. The van der Waals surface area contributed by atoms with Gasteiger partial charge in [0.05, 0.1) is 23.8 Å². The van der Waals surface area contributed by atoms with Crippen molar-refractivity contribution in [1.82, 2.24) is 20.3 Å². The number of carbonyl (C=O) groups excluding carboxylic acids is 1. The zero-order chi connectivity index (χ0) is 16.2. The lowest BCUT2D eigenvalue weighted by molar-refractivity contribution is 0.102. The van der Waals surface area contributed by atoms with Gasteiger partial charge in [0.2, 0.25) is 0 Å². The zero-order valence-corrected chi connectivity index (χ0v) is 14.3. The van der Waals surface area contributed by atoms with E-state index >= 15 is 0 Å². The van der Waals surface area contributed by atoms with Gasteiger partial charge < -0.3 is 15.4 Å². The van der Waals surface area contributed by atoms with Gasteiger partial charge in [-0.1, -0.05) is 5.21 Å². The predicted molar refractivity (Wildman–Crippen MR) is 89.8 cm³/mol. The van der Waals surface area contributed by atoms with E-state index in [1.807, 2.05) is 0 Å². The zero-order valence-electron chi connectivity index (χ0n) is 12.8. The van der Waals surface area contributed by atoms with Crippen LogP contribution in [-0.4, -0.2) is 41.1 Å². The van der Waals surface area contributed by atoms with Crippen LogP contribution in [0, 0.1) is 0 Å². The first kappa shape index (κ1) is 15.9. The van der Waals surface area contributed by atoms with E-state index in [0.717, 1.165) is 30.4 Å². The number of anilines is 1. The van der Waals surface area contributed by atoms with Crippen molar-refractivity contribution in [2.45, 2.75) is 18.9 Å². The molecule has 8 heteroatoms. The normalized spacial score (nSPS) is 15.4. The minimum atomic E-state index is -0.276. The number of methoxy groups -OCH3 is 1. The Balaban J connectivity index is 1.68. The van der Waals surface area contributed by atoms with Gasteiger partial charge in [0.1, 0.15) is 5.75 Å². The molecular weight excluding hydrogens is 362 g/mol. The van der Waals surface area contributed by atoms with Gasteiger partial charge in [-0.3, -0.25) is 4.79 Å². The average molecular weight is 380 g/mol. The van der Waals surface area contributed by atoms with E-state index in [-0.39, 0.29) is 5.91 Å². The van der Waals surface area contributed by atoms with Gasteiger partial charge in [-0.05, 0) is 60.1 Å². The van der Waals surface area contributed by atoms with E-state index in [9.17, 15) is 4.79 Å². The lowest BCUT2D eigenvalue weighted by Crippen LogP contribution is -2.29. The van der Waals surface area contributed by atoms with Crippen molar-refractivity contribution in [2.75, 3.05) is 25.5 Å². The Labute approximate surface area is 142 Å². The second kappa shape index (κ2) is 7.10. The smallest absolute Gasteiger partial charge is 0.277 e. The third-order valence-corrected chi connectivity index (χ3v) is 4.46. The lowest BCUT2D eigenvalue weighted by atomic mass is 10.1. The molecule has 122 valence electrons. The Morgan fingerprint density at radius 3 is 2.91 bits per heavy atom. The summed E-state index contributed by atoms with van der Waals surface area (Å²) in [6.07, 6.45) is 3.70. The maximum absolute atomic E-state index is 12.3. The van der Waals surface area contributed by atoms with E-state index in [0.29, 0.717) is 23.2 Å². The first-order valence-corrected chi connectivity index (χ1v) is 8.24. The number of rotatable bonds is 4. The summed E-state index contributed by atoms with van der Waals surface area (Å²) in [6.45, 7) is 1.93. The largest absolute Gasteiger partial charge is 0.496 e. The minimum absolute atomic E-state index is 0.276. The van der Waals surface area contributed by atoms with Crippen LogP contribution < -0.4 is 15.4 Å². The fourth-order valence-electron chi connectivity index (χ4n) is 2.57. The van der Waals surface area contributed by atoms with E-state index in [1.54, 1.807) is 36.2 Å². The molecule has 0 unspecified atom stereocenters. The molecule has 1 saturated heterocycles. The van der Waals surface area contributed by atoms with Crippen LogP contribution in [0.2, 0.25) is 0 Å². The molecule has 1 aromatic heterocycles. The highest BCUT2D eigenvalue weighted by Gasteiger charge is 2.19. The van der Waals surface area contributed by atoms with Crippen LogP contribution in [-0.2, 0) is 0 Å². The molecule has 1 aliphatic heterocycles. The van der Waals surface area contributed by atoms with Crippen molar-refractivity contribution >= 4 is 27.5 Å². The summed E-state index contributed by atoms with van der Waals surface area (Å²) in [4.78, 5) is 12.3. The number of piperidine rings is 1. The highest BCUT2D eigenvalue weighted by molar-refractivity contribution is 9.10. The Morgan fingerprint density at radius 2 is 2.22 bits per heavy atom. The molecule has 1 aromatic carbocycles. The number of hydrogen-bond acceptors (Lipinski definition) is 5. The average Bonchev–Trinajstić information content (AvgIpc) is 3.06. The molecule has 1 fully saturated rings. The molecule has 23 heavy (non-hydrogen) atoms. The van der Waals surface area contributed by atoms with E-state index in [4.69, 9.17) is 4.74 Å². The summed E-state index contributed by atoms with van der Waals surface area (Å²) in [7, 11) is 1.59. The number of nitrogens with one attached hydrogen (secondary N) is 2. The van der Waals surface area contributed by atoms with Crippen LogP contribution >= 0.6 is 15.9 Å². The van der Waals surface area contributed by atoms with Crippen LogP contribution in [0.25, 0.3) is 0 Å². The molecule has 1 amide bonds. The van der Waals surface area contributed by atoms with Gasteiger partial charge in [0.25, 0.3) is 5.91 Å². The Bertz CT molecular complexity index is 697. The first-order valence-electron chi connectivity index (χ1n) is 7.45. The molecule has 0 radical (unpaired) electrons. The van der Waals surface area contributed by atoms with Crippen molar-refractivity contribution in [3.8, 4) is 5.75 Å². The van der Waals surface area contributed by atoms with E-state index in [1.165, 1.54) is 0 Å². The van der Waals surface area contributed by atoms with Gasteiger partial charge in [-0.15, -0.1) is 5.10 Å². The molecule has 7 nitrogen and oxygen atoms in total. The van der Waals surface area contributed by atoms with Crippen molar-refractivity contribution in [1.29, 1.82) is 0 Å². The molecule has 0 atom stereocenters. The Morgan fingerprint density at radius 1 is 1.43 bits per heavy atom. The molecule has 2 heterocycles. The summed E-state index contributed by atoms with van der Waals surface area (Å²) >= 11 is 3.40. The summed E-state index contributed by atoms with van der Waals surface area (Å²) in [5.41, 5.74) is 0.981. The maximum atomic E-state index is 12.3. The lowest BCUT2D eigenvalue weighted by Gasteiger charge is -2.22. The third kappa shape index (κ3) is 3.70. The molecule has 3 rings (SSSR count). The molecule has 1 aliphatic rings. The van der Waals surface area contributed by atoms with E-state index in [2.05, 4.69) is 36.9 Å². The van der Waals surface area contributed by atoms with Crippen molar-refractivity contribution in [3.63, 3.8) is 0 Å². The SMILES string of the molecule is COc1ccc(NC(=O)c2cn(C3CCNCC3)nn2)cc1Br. The van der Waals surface area contributed by atoms with Crippen molar-refractivity contribution in [3.05, 3.63) is 34.6 Å². The highest BCUT2D eigenvalue weighted by Crippen LogP contribution is 2.27. The Hall–Kier alpha value is -1.93. The molecule has 0 aliphatic carbocycles. The summed E-state index contributed by atoms with van der Waals surface area (Å²) < 4.78 is 7.74. The third-order valence-electron chi connectivity index (χ3n) is 3.84. The topological polar surface area (TPSA) is 81.1 Å². The highest BCUT2D eigenvalue weighted by atomic mass is 79.9. The fraction of sp³-hybridized carbons (Fsp3) is 0.400. The van der Waals surface area contributed by atoms with Crippen LogP contribution in [0.15, 0.2) is 28.9 Å². The molecule has 2 N–H and O–H groups in total. The van der Waals surface area contributed by atoms with Crippen LogP contribution in [0.4, 0.5) is 5.69 Å². The minimum Gasteiger partial charge on any atom is -0.496 e. The van der Waals surface area contributed by atoms with Gasteiger partial charge in [-0.2, -0.15) is 0 Å². The standard InChI is InChI=1S/C15H18BrN5O2/c1-23-14-3-2-10(8-12(14)16)18-15(22)13-9-21(20-19-13)11-4-6-17-7-5-11/h2-3,8-9,11,17H,4-7H2,1H3,(H,18,22). The van der Waals surface area contributed by atoms with E-state index < -0.39 is 0 Å². The molecule has 0 saturated carbocycles. The van der Waals surface area contributed by atoms with Gasteiger partial charge in [-0.25, -0.2) is 4.68 Å². The number of halogens is 1. The molecule has 2 aromatic rings. The molecular formula is C15H18BrN5O2. The maximum Gasteiger partial charge on any atom is 0.277 e. The van der Waals surface area contributed by atoms with Gasteiger partial charge in [0, 0.05) is 5.69 Å². The molecule has 0 bridgehead atoms. The van der Waals surface area contributed by atoms with Gasteiger partial charge >= 0.3 is 0 Å². The fourth-order valence-corrected chi connectivity index (χ4v) is 3.11. The molecule has 0 spiro atoms. The summed E-state index contributed by atoms with van der Waals surface area (Å²) in [5, 5.41) is 14.2. The number of amides is 1. The van der Waals surface area contributed by atoms with Gasteiger partial charge in [0.15, 0.2) is 5.69 Å². The van der Waals surface area contributed by atoms with Crippen LogP contribution in [0.5, 0.6) is 5.75 Å². The number of hydrogen-bond donors (Lipinski definition) is 2. The number of nitrogens with zero attached hydrogens (tertiary/aromatic N) is 3. The monoisotopic (exact) mass is 379 g/mol. The quantitative estimate of drug-likeness (QED) is 0.850. The summed E-state index contributed by atoms with van der Waals surface area (Å²) in [6, 6.07) is 5.65. The summed E-state index contributed by atoms with van der Waals surface area (Å²) in [5.74, 6) is 0.433. The first-order chi connectivity index (χ1) is 11.2. The number of carbonyl (C=O) groups is 1. The second-order valence-corrected chi connectivity index (χ2v) is 6.22.